The summed E-state index contributed by atoms with van der Waals surface area (Å²) in [5.74, 6) is -1.28. The van der Waals surface area contributed by atoms with Crippen molar-refractivity contribution in [2.45, 2.75) is 13.3 Å². The minimum atomic E-state index is -0.567. The lowest BCUT2D eigenvalue weighted by Crippen LogP contribution is -2.32. The topological polar surface area (TPSA) is 92.8 Å². The molecule has 2 aromatic carbocycles. The highest BCUT2D eigenvalue weighted by Gasteiger charge is 2.35. The Labute approximate surface area is 182 Å². The van der Waals surface area contributed by atoms with Gasteiger partial charge in [-0.2, -0.15) is 0 Å². The number of fused-ring (bicyclic) bond motifs is 1. The summed E-state index contributed by atoms with van der Waals surface area (Å²) in [5, 5.41) is 4.58. The van der Waals surface area contributed by atoms with Gasteiger partial charge in [-0.05, 0) is 54.8 Å². The molecule has 0 unspecified atom stereocenters. The Morgan fingerprint density at radius 1 is 1.00 bits per heavy atom. The number of imide groups is 1. The molecule has 0 spiro atoms. The number of benzene rings is 2. The van der Waals surface area contributed by atoms with Crippen LogP contribution >= 0.6 is 11.3 Å². The molecule has 4 rings (SSSR count). The summed E-state index contributed by atoms with van der Waals surface area (Å²) in [6.45, 7) is 1.79. The summed E-state index contributed by atoms with van der Waals surface area (Å²) in [6, 6.07) is 15.0. The molecule has 156 valence electrons. The van der Waals surface area contributed by atoms with Crippen LogP contribution in [0.5, 0.6) is 5.75 Å². The second-order valence-corrected chi connectivity index (χ2v) is 7.94. The molecule has 3 amide bonds. The van der Waals surface area contributed by atoms with Gasteiger partial charge in [0.15, 0.2) is 0 Å². The third-order valence-corrected chi connectivity index (χ3v) is 5.62. The summed E-state index contributed by atoms with van der Waals surface area (Å²) in [4.78, 5) is 50.8. The van der Waals surface area contributed by atoms with Crippen LogP contribution in [-0.2, 0) is 4.79 Å². The number of thiophene rings is 1. The van der Waals surface area contributed by atoms with Crippen molar-refractivity contribution in [1.82, 2.24) is 4.90 Å². The van der Waals surface area contributed by atoms with Gasteiger partial charge in [-0.1, -0.05) is 17.7 Å². The van der Waals surface area contributed by atoms with Gasteiger partial charge >= 0.3 is 5.97 Å². The van der Waals surface area contributed by atoms with Crippen LogP contribution in [0.2, 0.25) is 0 Å². The summed E-state index contributed by atoms with van der Waals surface area (Å²) in [5.41, 5.74) is 2.17. The van der Waals surface area contributed by atoms with Crippen molar-refractivity contribution < 1.29 is 23.9 Å². The number of ether oxygens (including phenoxy) is 1. The van der Waals surface area contributed by atoms with Gasteiger partial charge in [0.05, 0.1) is 22.4 Å². The molecule has 0 fully saturated rings. The van der Waals surface area contributed by atoms with Gasteiger partial charge < -0.3 is 10.1 Å². The molecule has 1 aliphatic heterocycles. The molecule has 7 nitrogen and oxygen atoms in total. The molecule has 8 heteroatoms. The third kappa shape index (κ3) is 4.39. The van der Waals surface area contributed by atoms with Crippen LogP contribution in [0.3, 0.4) is 0 Å². The second kappa shape index (κ2) is 8.53. The fraction of sp³-hybridized carbons (Fsp3) is 0.130. The number of aryl methyl sites for hydroxylation is 1. The highest BCUT2D eigenvalue weighted by Crippen LogP contribution is 2.24. The molecule has 0 aliphatic carbocycles. The number of carbonyl (C=O) groups is 4. The zero-order valence-electron chi connectivity index (χ0n) is 16.6. The summed E-state index contributed by atoms with van der Waals surface area (Å²) >= 11 is 1.34. The van der Waals surface area contributed by atoms with Crippen LogP contribution in [0.25, 0.3) is 0 Å². The lowest BCUT2D eigenvalue weighted by Gasteiger charge is -2.13. The van der Waals surface area contributed by atoms with E-state index >= 15 is 0 Å². The Hall–Kier alpha value is -3.78. The van der Waals surface area contributed by atoms with Crippen LogP contribution in [0.4, 0.5) is 5.69 Å². The summed E-state index contributed by atoms with van der Waals surface area (Å²) in [6.07, 6.45) is -0.124. The fourth-order valence-corrected chi connectivity index (χ4v) is 3.82. The lowest BCUT2D eigenvalue weighted by molar-refractivity contribution is -0.134. The smallest absolute Gasteiger partial charge is 0.312 e. The SMILES string of the molecule is Cc1ccc2c(c1)C(=O)N(CCC(=O)Oc1ccc(NC(=O)c3cccs3)cc1)C2=O. The monoisotopic (exact) mass is 434 g/mol. The van der Waals surface area contributed by atoms with E-state index in [9.17, 15) is 19.2 Å². The van der Waals surface area contributed by atoms with E-state index in [1.807, 2.05) is 12.3 Å². The number of amides is 3. The second-order valence-electron chi connectivity index (χ2n) is 6.99. The lowest BCUT2D eigenvalue weighted by atomic mass is 10.1. The molecular formula is C23H18N2O5S. The van der Waals surface area contributed by atoms with Crippen molar-refractivity contribution in [2.75, 3.05) is 11.9 Å². The number of nitrogens with one attached hydrogen (secondary N) is 1. The standard InChI is InChI=1S/C23H18N2O5S/c1-14-4-9-17-18(13-14)23(29)25(22(17)28)11-10-20(26)30-16-7-5-15(6-8-16)24-21(27)19-3-2-12-31-19/h2-9,12-13H,10-11H2,1H3,(H,24,27). The van der Waals surface area contributed by atoms with Gasteiger partial charge in [-0.15, -0.1) is 11.3 Å². The number of esters is 1. The highest BCUT2D eigenvalue weighted by atomic mass is 32.1. The van der Waals surface area contributed by atoms with Crippen molar-refractivity contribution in [3.63, 3.8) is 0 Å². The number of anilines is 1. The molecule has 1 aliphatic rings. The molecule has 3 aromatic rings. The normalized spacial score (nSPS) is 12.6. The van der Waals surface area contributed by atoms with E-state index < -0.39 is 17.8 Å². The van der Waals surface area contributed by atoms with Crippen LogP contribution in [0, 0.1) is 6.92 Å². The molecule has 1 N–H and O–H groups in total. The van der Waals surface area contributed by atoms with E-state index in [2.05, 4.69) is 5.32 Å². The molecule has 0 saturated carbocycles. The predicted octanol–water partition coefficient (Wildman–Crippen LogP) is 3.90. The molecule has 0 atom stereocenters. The van der Waals surface area contributed by atoms with Crippen molar-refractivity contribution in [3.8, 4) is 5.75 Å². The van der Waals surface area contributed by atoms with Crippen LogP contribution in [-0.4, -0.2) is 35.1 Å². The number of carbonyl (C=O) groups excluding carboxylic acids is 4. The Morgan fingerprint density at radius 3 is 2.45 bits per heavy atom. The molecule has 2 heterocycles. The summed E-state index contributed by atoms with van der Waals surface area (Å²) < 4.78 is 5.27. The molecular weight excluding hydrogens is 416 g/mol. The largest absolute Gasteiger partial charge is 0.426 e. The number of hydrogen-bond donors (Lipinski definition) is 1. The molecule has 0 bridgehead atoms. The number of nitrogens with zero attached hydrogens (tertiary/aromatic N) is 1. The maximum atomic E-state index is 12.5. The first-order chi connectivity index (χ1) is 14.9. The number of hydrogen-bond acceptors (Lipinski definition) is 6. The van der Waals surface area contributed by atoms with Gasteiger partial charge in [0.2, 0.25) is 0 Å². The van der Waals surface area contributed by atoms with Crippen molar-refractivity contribution in [3.05, 3.63) is 81.5 Å². The first kappa shape index (κ1) is 20.5. The zero-order valence-corrected chi connectivity index (χ0v) is 17.4. The first-order valence-electron chi connectivity index (χ1n) is 9.55. The highest BCUT2D eigenvalue weighted by molar-refractivity contribution is 7.12. The van der Waals surface area contributed by atoms with Gasteiger partial charge in [0.1, 0.15) is 5.75 Å². The van der Waals surface area contributed by atoms with E-state index in [4.69, 9.17) is 4.74 Å². The molecule has 0 radical (unpaired) electrons. The molecule has 1 aromatic heterocycles. The van der Waals surface area contributed by atoms with Gasteiger partial charge in [-0.25, -0.2) is 0 Å². The fourth-order valence-electron chi connectivity index (χ4n) is 3.20. The van der Waals surface area contributed by atoms with Crippen LogP contribution in [0.15, 0.2) is 60.0 Å². The third-order valence-electron chi connectivity index (χ3n) is 4.75. The van der Waals surface area contributed by atoms with Gasteiger partial charge in [0.25, 0.3) is 17.7 Å². The minimum absolute atomic E-state index is 0.0564. The van der Waals surface area contributed by atoms with E-state index in [0.717, 1.165) is 10.5 Å². The van der Waals surface area contributed by atoms with E-state index in [1.165, 1.54) is 11.3 Å². The van der Waals surface area contributed by atoms with Crippen molar-refractivity contribution in [2.24, 2.45) is 0 Å². The predicted molar refractivity (Wildman–Crippen MR) is 116 cm³/mol. The Morgan fingerprint density at radius 2 is 1.74 bits per heavy atom. The first-order valence-corrected chi connectivity index (χ1v) is 10.4. The number of rotatable bonds is 6. The quantitative estimate of drug-likeness (QED) is 0.361. The Kier molecular flexibility index (Phi) is 5.64. The minimum Gasteiger partial charge on any atom is -0.426 e. The van der Waals surface area contributed by atoms with E-state index in [0.29, 0.717) is 27.4 Å². The molecule has 31 heavy (non-hydrogen) atoms. The Balaban J connectivity index is 1.31. The van der Waals surface area contributed by atoms with Crippen molar-refractivity contribution >= 4 is 40.7 Å². The molecule has 0 saturated heterocycles. The average molecular weight is 434 g/mol. The maximum absolute atomic E-state index is 12.5. The van der Waals surface area contributed by atoms with E-state index in [-0.39, 0.29) is 18.9 Å². The average Bonchev–Trinajstić information content (AvgIpc) is 3.36. The zero-order chi connectivity index (χ0) is 22.0. The van der Waals surface area contributed by atoms with Gasteiger partial charge in [0, 0.05) is 12.2 Å². The van der Waals surface area contributed by atoms with Gasteiger partial charge in [-0.3, -0.25) is 24.1 Å². The van der Waals surface area contributed by atoms with Crippen LogP contribution in [0.1, 0.15) is 42.4 Å². The maximum Gasteiger partial charge on any atom is 0.312 e. The summed E-state index contributed by atoms with van der Waals surface area (Å²) in [7, 11) is 0. The van der Waals surface area contributed by atoms with Crippen LogP contribution < -0.4 is 10.1 Å². The van der Waals surface area contributed by atoms with E-state index in [1.54, 1.807) is 54.6 Å². The Bertz CT molecular complexity index is 1170. The van der Waals surface area contributed by atoms with Crippen molar-refractivity contribution in [1.29, 1.82) is 0 Å².